The predicted octanol–water partition coefficient (Wildman–Crippen LogP) is 2.83. The number of hydrogen-bond donors (Lipinski definition) is 2. The Hall–Kier alpha value is -1.10. The summed E-state index contributed by atoms with van der Waals surface area (Å²) in [5, 5.41) is 6.98. The van der Waals surface area contributed by atoms with Crippen LogP contribution >= 0.6 is 24.0 Å². The molecule has 1 aliphatic rings. The normalized spacial score (nSPS) is 16.5. The molecule has 0 spiro atoms. The van der Waals surface area contributed by atoms with Crippen LogP contribution in [0.25, 0.3) is 0 Å². The predicted molar refractivity (Wildman–Crippen MR) is 140 cm³/mol. The number of nitrogens with zero attached hydrogens (tertiary/aromatic N) is 3. The van der Waals surface area contributed by atoms with Crippen LogP contribution in [0.3, 0.4) is 0 Å². The van der Waals surface area contributed by atoms with E-state index >= 15 is 0 Å². The van der Waals surface area contributed by atoms with Gasteiger partial charge in [0.25, 0.3) is 0 Å². The van der Waals surface area contributed by atoms with Crippen molar-refractivity contribution in [2.24, 2.45) is 10.4 Å². The van der Waals surface area contributed by atoms with Crippen molar-refractivity contribution in [3.05, 3.63) is 29.8 Å². The lowest BCUT2D eigenvalue weighted by atomic mass is 9.93. The van der Waals surface area contributed by atoms with Gasteiger partial charge in [-0.3, -0.25) is 9.89 Å². The standard InChI is InChI=1S/C23H41N5O2.HI/c1-7-24-22(26-17-23(2,3)18-27(4)5)25-16-21(28-12-14-30-15-13-28)19-8-10-20(29-6)11-9-19;/h8-11,21H,7,12-18H2,1-6H3,(H2,24,25,26);1H. The summed E-state index contributed by atoms with van der Waals surface area (Å²) in [7, 11) is 5.92. The van der Waals surface area contributed by atoms with Gasteiger partial charge in [0, 0.05) is 39.3 Å². The largest absolute Gasteiger partial charge is 0.497 e. The van der Waals surface area contributed by atoms with Crippen molar-refractivity contribution in [3.63, 3.8) is 0 Å². The lowest BCUT2D eigenvalue weighted by Crippen LogP contribution is -2.46. The molecule has 0 aromatic heterocycles. The number of rotatable bonds is 10. The van der Waals surface area contributed by atoms with E-state index in [4.69, 9.17) is 14.5 Å². The molecule has 0 bridgehead atoms. The molecular formula is C23H42IN5O2. The van der Waals surface area contributed by atoms with Crippen LogP contribution in [0.15, 0.2) is 29.3 Å². The van der Waals surface area contributed by atoms with Crippen LogP contribution in [0.5, 0.6) is 5.75 Å². The Morgan fingerprint density at radius 1 is 1.19 bits per heavy atom. The minimum absolute atomic E-state index is 0. The number of nitrogens with one attached hydrogen (secondary N) is 2. The molecule has 1 fully saturated rings. The zero-order valence-corrected chi connectivity index (χ0v) is 22.4. The molecular weight excluding hydrogens is 505 g/mol. The molecule has 0 radical (unpaired) electrons. The quantitative estimate of drug-likeness (QED) is 0.267. The zero-order chi connectivity index (χ0) is 22.0. The maximum Gasteiger partial charge on any atom is 0.191 e. The van der Waals surface area contributed by atoms with Crippen molar-refractivity contribution in [1.82, 2.24) is 20.4 Å². The smallest absolute Gasteiger partial charge is 0.191 e. The molecule has 1 atom stereocenters. The van der Waals surface area contributed by atoms with E-state index in [2.05, 4.69) is 67.4 Å². The molecule has 1 unspecified atom stereocenters. The molecule has 7 nitrogen and oxygen atoms in total. The van der Waals surface area contributed by atoms with Crippen molar-refractivity contribution >= 4 is 29.9 Å². The summed E-state index contributed by atoms with van der Waals surface area (Å²) in [6.45, 7) is 13.4. The lowest BCUT2D eigenvalue weighted by Gasteiger charge is -2.35. The van der Waals surface area contributed by atoms with E-state index in [-0.39, 0.29) is 35.4 Å². The summed E-state index contributed by atoms with van der Waals surface area (Å²) in [5.74, 6) is 1.75. The first-order valence-corrected chi connectivity index (χ1v) is 11.0. The molecule has 0 saturated carbocycles. The topological polar surface area (TPSA) is 61.4 Å². The average molecular weight is 548 g/mol. The number of ether oxygens (including phenoxy) is 2. The first kappa shape index (κ1) is 27.9. The Labute approximate surface area is 206 Å². The Kier molecular flexibility index (Phi) is 12.7. The van der Waals surface area contributed by atoms with Crippen LogP contribution in [0.1, 0.15) is 32.4 Å². The molecule has 0 amide bonds. The van der Waals surface area contributed by atoms with Gasteiger partial charge in [0.05, 0.1) is 26.4 Å². The fourth-order valence-electron chi connectivity index (χ4n) is 3.91. The Bertz CT molecular complexity index is 646. The molecule has 1 aliphatic heterocycles. The number of guanidine groups is 1. The van der Waals surface area contributed by atoms with Crippen molar-refractivity contribution < 1.29 is 9.47 Å². The van der Waals surface area contributed by atoms with Crippen LogP contribution < -0.4 is 15.4 Å². The van der Waals surface area contributed by atoms with Gasteiger partial charge >= 0.3 is 0 Å². The van der Waals surface area contributed by atoms with Gasteiger partial charge < -0.3 is 25.0 Å². The first-order chi connectivity index (χ1) is 14.3. The van der Waals surface area contributed by atoms with Crippen molar-refractivity contribution in [1.29, 1.82) is 0 Å². The fourth-order valence-corrected chi connectivity index (χ4v) is 3.91. The van der Waals surface area contributed by atoms with Gasteiger partial charge in [0.2, 0.25) is 0 Å². The van der Waals surface area contributed by atoms with Gasteiger partial charge in [-0.1, -0.05) is 26.0 Å². The van der Waals surface area contributed by atoms with E-state index in [0.717, 1.165) is 64.2 Å². The summed E-state index contributed by atoms with van der Waals surface area (Å²) in [6.07, 6.45) is 0. The minimum atomic E-state index is 0. The number of methoxy groups -OCH3 is 1. The maximum atomic E-state index is 5.57. The van der Waals surface area contributed by atoms with Crippen LogP contribution in [0, 0.1) is 5.41 Å². The third-order valence-electron chi connectivity index (χ3n) is 5.20. The van der Waals surface area contributed by atoms with Gasteiger partial charge in [-0.2, -0.15) is 0 Å². The van der Waals surface area contributed by atoms with Gasteiger partial charge in [-0.05, 0) is 44.1 Å². The number of halogens is 1. The number of benzene rings is 1. The van der Waals surface area contributed by atoms with Gasteiger partial charge in [0.15, 0.2) is 5.96 Å². The van der Waals surface area contributed by atoms with E-state index in [1.807, 2.05) is 12.1 Å². The molecule has 1 aromatic carbocycles. The molecule has 2 rings (SSSR count). The van der Waals surface area contributed by atoms with Crippen LogP contribution in [-0.4, -0.2) is 89.4 Å². The summed E-state index contributed by atoms with van der Waals surface area (Å²) >= 11 is 0. The first-order valence-electron chi connectivity index (χ1n) is 11.0. The monoisotopic (exact) mass is 547 g/mol. The second kappa shape index (κ2) is 14.1. The van der Waals surface area contributed by atoms with Crippen LogP contribution in [-0.2, 0) is 4.74 Å². The van der Waals surface area contributed by atoms with Gasteiger partial charge in [-0.25, -0.2) is 0 Å². The van der Waals surface area contributed by atoms with Crippen LogP contribution in [0.2, 0.25) is 0 Å². The third-order valence-corrected chi connectivity index (χ3v) is 5.20. The molecule has 1 aromatic rings. The molecule has 31 heavy (non-hydrogen) atoms. The second-order valence-electron chi connectivity index (χ2n) is 8.92. The highest BCUT2D eigenvalue weighted by Crippen LogP contribution is 2.23. The van der Waals surface area contributed by atoms with E-state index < -0.39 is 0 Å². The second-order valence-corrected chi connectivity index (χ2v) is 8.92. The fraction of sp³-hybridized carbons (Fsp3) is 0.696. The van der Waals surface area contributed by atoms with E-state index in [0.29, 0.717) is 0 Å². The van der Waals surface area contributed by atoms with Gasteiger partial charge in [-0.15, -0.1) is 24.0 Å². The molecule has 1 saturated heterocycles. The number of aliphatic imine (C=N–C) groups is 1. The highest BCUT2D eigenvalue weighted by atomic mass is 127. The van der Waals surface area contributed by atoms with Crippen LogP contribution in [0.4, 0.5) is 0 Å². The molecule has 1 heterocycles. The molecule has 178 valence electrons. The van der Waals surface area contributed by atoms with E-state index in [9.17, 15) is 0 Å². The van der Waals surface area contributed by atoms with E-state index in [1.165, 1.54) is 5.56 Å². The maximum absolute atomic E-state index is 5.57. The average Bonchev–Trinajstić information content (AvgIpc) is 2.72. The van der Waals surface area contributed by atoms with Gasteiger partial charge in [0.1, 0.15) is 5.75 Å². The molecule has 0 aliphatic carbocycles. The highest BCUT2D eigenvalue weighted by Gasteiger charge is 2.23. The van der Waals surface area contributed by atoms with Crippen molar-refractivity contribution in [2.75, 3.05) is 73.7 Å². The summed E-state index contributed by atoms with van der Waals surface area (Å²) < 4.78 is 10.9. The summed E-state index contributed by atoms with van der Waals surface area (Å²) in [5.41, 5.74) is 1.39. The Morgan fingerprint density at radius 2 is 1.84 bits per heavy atom. The Balaban J connectivity index is 0.00000480. The van der Waals surface area contributed by atoms with Crippen molar-refractivity contribution in [2.45, 2.75) is 26.8 Å². The summed E-state index contributed by atoms with van der Waals surface area (Å²) in [4.78, 5) is 9.58. The van der Waals surface area contributed by atoms with Crippen molar-refractivity contribution in [3.8, 4) is 5.75 Å². The molecule has 8 heteroatoms. The third kappa shape index (κ3) is 9.93. The minimum Gasteiger partial charge on any atom is -0.497 e. The Morgan fingerprint density at radius 3 is 2.39 bits per heavy atom. The van der Waals surface area contributed by atoms with E-state index in [1.54, 1.807) is 7.11 Å². The summed E-state index contributed by atoms with van der Waals surface area (Å²) in [6, 6.07) is 8.63. The zero-order valence-electron chi connectivity index (χ0n) is 20.1. The molecule has 2 N–H and O–H groups in total. The highest BCUT2D eigenvalue weighted by molar-refractivity contribution is 14.0. The lowest BCUT2D eigenvalue weighted by molar-refractivity contribution is 0.0170. The SMILES string of the molecule is CCNC(=NCC(C)(C)CN(C)C)NCC(c1ccc(OC)cc1)N1CCOCC1.I. The number of hydrogen-bond acceptors (Lipinski definition) is 5. The number of morpholine rings is 1.